The van der Waals surface area contributed by atoms with Crippen LogP contribution in [0.15, 0.2) is 54.6 Å². The number of carbonyl (C=O) groups excluding carboxylic acids is 3. The summed E-state index contributed by atoms with van der Waals surface area (Å²) in [6, 6.07) is 15.0. The maximum absolute atomic E-state index is 14.9. The molecule has 0 bridgehead atoms. The van der Waals surface area contributed by atoms with Crippen LogP contribution in [-0.4, -0.2) is 66.6 Å². The van der Waals surface area contributed by atoms with Crippen molar-refractivity contribution in [3.63, 3.8) is 0 Å². The van der Waals surface area contributed by atoms with Gasteiger partial charge in [-0.1, -0.05) is 29.8 Å². The summed E-state index contributed by atoms with van der Waals surface area (Å²) in [6.07, 6.45) is 1.97. The fourth-order valence-electron chi connectivity index (χ4n) is 6.30. The lowest BCUT2D eigenvalue weighted by atomic mass is 9.89. The van der Waals surface area contributed by atoms with Gasteiger partial charge in [0.25, 0.3) is 5.91 Å². The van der Waals surface area contributed by atoms with Gasteiger partial charge < -0.3 is 24.2 Å². The lowest BCUT2D eigenvalue weighted by Gasteiger charge is -2.40. The molecule has 1 aromatic heterocycles. The van der Waals surface area contributed by atoms with Crippen LogP contribution in [0.4, 0.5) is 19.3 Å². The number of ether oxygens (including phenoxy) is 2. The first-order valence-electron chi connectivity index (χ1n) is 16.4. The average molecular weight is 726 g/mol. The normalized spacial score (nSPS) is 16.2. The fraction of sp³-hybridized carbons (Fsp3) is 0.395. The van der Waals surface area contributed by atoms with Gasteiger partial charge in [-0.25, -0.2) is 13.6 Å². The second-order valence-electron chi connectivity index (χ2n) is 13.6. The molecule has 4 aromatic rings. The third-order valence-electron chi connectivity index (χ3n) is 9.15. The number of hydrogen-bond acceptors (Lipinski definition) is 6. The van der Waals surface area contributed by atoms with Crippen LogP contribution in [-0.2, 0) is 16.1 Å². The summed E-state index contributed by atoms with van der Waals surface area (Å²) in [5.41, 5.74) is 2.63. The van der Waals surface area contributed by atoms with Gasteiger partial charge in [0.05, 0.1) is 22.2 Å². The van der Waals surface area contributed by atoms with Gasteiger partial charge in [-0.05, 0) is 94.0 Å². The van der Waals surface area contributed by atoms with E-state index in [9.17, 15) is 23.2 Å². The predicted molar refractivity (Wildman–Crippen MR) is 194 cm³/mol. The van der Waals surface area contributed by atoms with Gasteiger partial charge in [0.15, 0.2) is 0 Å². The molecule has 3 aromatic carbocycles. The topological polar surface area (TPSA) is 79.4 Å². The molecule has 5 rings (SSSR count). The van der Waals surface area contributed by atoms with Gasteiger partial charge in [-0.15, -0.1) is 11.3 Å². The monoisotopic (exact) mass is 725 g/mol. The zero-order valence-electron chi connectivity index (χ0n) is 29.3. The van der Waals surface area contributed by atoms with E-state index in [0.717, 1.165) is 45.8 Å². The first-order valence-corrected chi connectivity index (χ1v) is 17.6. The Kier molecular flexibility index (Phi) is 11.1. The lowest BCUT2D eigenvalue weighted by Crippen LogP contribution is -2.47. The molecule has 0 aliphatic heterocycles. The Morgan fingerprint density at radius 2 is 1.50 bits per heavy atom. The van der Waals surface area contributed by atoms with Crippen molar-refractivity contribution in [3.8, 4) is 16.9 Å². The molecule has 0 unspecified atom stereocenters. The highest BCUT2D eigenvalue weighted by Crippen LogP contribution is 2.41. The Labute approximate surface area is 300 Å². The maximum Gasteiger partial charge on any atom is 0.410 e. The second kappa shape index (κ2) is 14.9. The number of rotatable bonds is 8. The molecular weight excluding hydrogens is 684 g/mol. The van der Waals surface area contributed by atoms with Crippen LogP contribution in [0.5, 0.6) is 5.75 Å². The third kappa shape index (κ3) is 7.89. The van der Waals surface area contributed by atoms with Crippen LogP contribution >= 0.6 is 22.9 Å². The van der Waals surface area contributed by atoms with E-state index in [1.807, 2.05) is 63.2 Å². The van der Waals surface area contributed by atoms with Crippen LogP contribution in [0.2, 0.25) is 5.02 Å². The van der Waals surface area contributed by atoms with E-state index in [1.54, 1.807) is 35.9 Å². The summed E-state index contributed by atoms with van der Waals surface area (Å²) in [5, 5.41) is -0.229. The minimum atomic E-state index is -0.700. The summed E-state index contributed by atoms with van der Waals surface area (Å²) >= 11 is 7.47. The van der Waals surface area contributed by atoms with Crippen molar-refractivity contribution in [1.29, 1.82) is 0 Å². The molecule has 1 saturated carbocycles. The van der Waals surface area contributed by atoms with Crippen molar-refractivity contribution < 1.29 is 32.6 Å². The van der Waals surface area contributed by atoms with Gasteiger partial charge in [-0.2, -0.15) is 0 Å². The zero-order valence-corrected chi connectivity index (χ0v) is 30.9. The molecule has 0 saturated heterocycles. The number of halogens is 3. The summed E-state index contributed by atoms with van der Waals surface area (Å²) in [6.45, 7) is 7.10. The largest absolute Gasteiger partial charge is 0.496 e. The van der Waals surface area contributed by atoms with E-state index in [-0.39, 0.29) is 44.5 Å². The highest BCUT2D eigenvalue weighted by atomic mass is 35.5. The molecule has 0 atom stereocenters. The van der Waals surface area contributed by atoms with Crippen LogP contribution in [0, 0.1) is 11.6 Å². The quantitative estimate of drug-likeness (QED) is 0.181. The Morgan fingerprint density at radius 3 is 2.08 bits per heavy atom. The van der Waals surface area contributed by atoms with Crippen LogP contribution in [0.1, 0.15) is 68.6 Å². The van der Waals surface area contributed by atoms with Gasteiger partial charge >= 0.3 is 6.09 Å². The molecule has 8 nitrogen and oxygen atoms in total. The number of carbonyl (C=O) groups is 3. The predicted octanol–water partition coefficient (Wildman–Crippen LogP) is 9.31. The SMILES string of the molecule is COc1ccc(-c2ccc(N(C)C(C)=O)cc2)cc1CN(C(=O)c1sc2c(F)ccc(F)c2c1Cl)[C@H]1CC[C@H](N(C)C(=O)OC(C)(C)C)CC1. The molecule has 1 aliphatic carbocycles. The molecule has 0 radical (unpaired) electrons. The van der Waals surface area contributed by atoms with E-state index in [2.05, 4.69) is 0 Å². The van der Waals surface area contributed by atoms with E-state index in [1.165, 1.54) is 6.92 Å². The first kappa shape index (κ1) is 37.0. The van der Waals surface area contributed by atoms with Crippen molar-refractivity contribution in [1.82, 2.24) is 9.80 Å². The minimum absolute atomic E-state index is 0.0144. The van der Waals surface area contributed by atoms with Crippen molar-refractivity contribution in [2.75, 3.05) is 26.1 Å². The second-order valence-corrected chi connectivity index (χ2v) is 15.0. The number of hydrogen-bond donors (Lipinski definition) is 0. The number of nitrogens with zero attached hydrogens (tertiary/aromatic N) is 3. The Morgan fingerprint density at radius 1 is 0.900 bits per heavy atom. The summed E-state index contributed by atoms with van der Waals surface area (Å²) in [7, 11) is 5.00. The molecule has 266 valence electrons. The molecule has 3 amide bonds. The van der Waals surface area contributed by atoms with Gasteiger partial charge in [-0.3, -0.25) is 9.59 Å². The molecule has 1 aliphatic rings. The van der Waals surface area contributed by atoms with Crippen LogP contribution in [0.25, 0.3) is 21.2 Å². The minimum Gasteiger partial charge on any atom is -0.496 e. The number of fused-ring (bicyclic) bond motifs is 1. The highest BCUT2D eigenvalue weighted by Gasteiger charge is 2.35. The van der Waals surface area contributed by atoms with Crippen molar-refractivity contribution in [2.24, 2.45) is 0 Å². The molecule has 50 heavy (non-hydrogen) atoms. The standard InChI is InChI=1S/C38H42ClF2N3O5S/c1-22(45)42(5)26-11-8-23(9-12-26)24-10-19-31(48-7)25(20-24)21-44(28-15-13-27(14-16-28)43(6)37(47)49-38(2,3)4)36(46)35-33(39)32-29(40)17-18-30(41)34(32)50-35/h8-12,17-20,27-28H,13-16,21H2,1-7H3/t27-,28-. The fourth-order valence-corrected chi connectivity index (χ4v) is 7.80. The summed E-state index contributed by atoms with van der Waals surface area (Å²) in [5.74, 6) is -1.31. The van der Waals surface area contributed by atoms with Gasteiger partial charge in [0.2, 0.25) is 5.91 Å². The molecule has 0 N–H and O–H groups in total. The highest BCUT2D eigenvalue weighted by molar-refractivity contribution is 7.21. The molecular formula is C38H42ClF2N3O5S. The average Bonchev–Trinajstić information content (AvgIpc) is 3.45. The molecule has 12 heteroatoms. The Hall–Kier alpha value is -4.22. The van der Waals surface area contributed by atoms with Crippen molar-refractivity contribution >= 4 is 56.6 Å². The molecule has 1 fully saturated rings. The third-order valence-corrected chi connectivity index (χ3v) is 10.8. The van der Waals surface area contributed by atoms with Crippen molar-refractivity contribution in [2.45, 2.75) is 77.6 Å². The Bertz CT molecular complexity index is 1900. The maximum atomic E-state index is 14.9. The number of benzene rings is 3. The lowest BCUT2D eigenvalue weighted by molar-refractivity contribution is -0.116. The van der Waals surface area contributed by atoms with Gasteiger partial charge in [0, 0.05) is 50.9 Å². The Balaban J connectivity index is 1.49. The van der Waals surface area contributed by atoms with E-state index in [4.69, 9.17) is 21.1 Å². The van der Waals surface area contributed by atoms with Crippen LogP contribution in [0.3, 0.4) is 0 Å². The van der Waals surface area contributed by atoms with Crippen molar-refractivity contribution in [3.05, 3.63) is 81.7 Å². The summed E-state index contributed by atoms with van der Waals surface area (Å²) < 4.78 is 41.0. The van der Waals surface area contributed by atoms with Gasteiger partial charge in [0.1, 0.15) is 27.9 Å². The van der Waals surface area contributed by atoms with Crippen LogP contribution < -0.4 is 9.64 Å². The number of thiophene rings is 1. The first-order chi connectivity index (χ1) is 23.6. The molecule has 0 spiro atoms. The number of methoxy groups -OCH3 is 1. The zero-order chi connectivity index (χ0) is 36.5. The summed E-state index contributed by atoms with van der Waals surface area (Å²) in [4.78, 5) is 44.1. The smallest absolute Gasteiger partial charge is 0.410 e. The van der Waals surface area contributed by atoms with E-state index in [0.29, 0.717) is 31.4 Å². The number of amides is 3. The number of anilines is 1. The van der Waals surface area contributed by atoms with E-state index >= 15 is 0 Å². The molecule has 1 heterocycles. The van der Waals surface area contributed by atoms with E-state index < -0.39 is 29.2 Å².